The van der Waals surface area contributed by atoms with Gasteiger partial charge in [-0.05, 0) is 37.0 Å². The normalized spacial score (nSPS) is 17.3. The van der Waals surface area contributed by atoms with E-state index in [1.807, 2.05) is 24.3 Å². The molecule has 1 aliphatic heterocycles. The van der Waals surface area contributed by atoms with Crippen molar-refractivity contribution in [2.24, 2.45) is 5.92 Å². The van der Waals surface area contributed by atoms with Gasteiger partial charge in [0.15, 0.2) is 0 Å². The summed E-state index contributed by atoms with van der Waals surface area (Å²) >= 11 is 7.35. The molecule has 1 aromatic heterocycles. The summed E-state index contributed by atoms with van der Waals surface area (Å²) in [6.07, 6.45) is 4.79. The lowest BCUT2D eigenvalue weighted by Gasteiger charge is -2.31. The van der Waals surface area contributed by atoms with Crippen molar-refractivity contribution < 1.29 is 4.79 Å². The van der Waals surface area contributed by atoms with E-state index in [1.165, 1.54) is 11.5 Å². The number of carbonyl (C=O) groups is 1. The Morgan fingerprint density at radius 1 is 1.38 bits per heavy atom. The van der Waals surface area contributed by atoms with Crippen LogP contribution in [0.25, 0.3) is 0 Å². The monoisotopic (exact) mass is 392 g/mol. The maximum atomic E-state index is 12.3. The van der Waals surface area contributed by atoms with Crippen LogP contribution in [0.2, 0.25) is 5.02 Å². The minimum absolute atomic E-state index is 0.0456. The standard InChI is InChI=1S/C19H25ClN4OS/c1-2-3-10-21-18(25)15-5-4-11-24(13-15)19-22-17(23-26-19)12-14-6-8-16(20)9-7-14/h6-9,15H,2-5,10-13H2,1H3,(H,21,25)/t15-/m0/s1. The van der Waals surface area contributed by atoms with Gasteiger partial charge in [0.05, 0.1) is 5.92 Å². The number of nitrogens with zero attached hydrogens (tertiary/aromatic N) is 3. The Bertz CT molecular complexity index is 719. The number of hydrogen-bond acceptors (Lipinski definition) is 5. The zero-order chi connectivity index (χ0) is 18.4. The first-order valence-electron chi connectivity index (χ1n) is 9.25. The van der Waals surface area contributed by atoms with Crippen LogP contribution in [0, 0.1) is 5.92 Å². The van der Waals surface area contributed by atoms with Crippen LogP contribution < -0.4 is 10.2 Å². The van der Waals surface area contributed by atoms with E-state index in [-0.39, 0.29) is 11.8 Å². The fraction of sp³-hybridized carbons (Fsp3) is 0.526. The number of anilines is 1. The largest absolute Gasteiger partial charge is 0.356 e. The SMILES string of the molecule is CCCCNC(=O)[C@H]1CCCN(c2nc(Cc3ccc(Cl)cc3)ns2)C1. The van der Waals surface area contributed by atoms with Crippen molar-refractivity contribution in [1.29, 1.82) is 0 Å². The third kappa shape index (κ3) is 5.17. The molecule has 2 heterocycles. The second-order valence-corrected chi connectivity index (χ2v) is 7.89. The van der Waals surface area contributed by atoms with E-state index in [4.69, 9.17) is 11.6 Å². The lowest BCUT2D eigenvalue weighted by atomic mass is 9.97. The molecule has 3 rings (SSSR count). The van der Waals surface area contributed by atoms with Gasteiger partial charge in [0.25, 0.3) is 0 Å². The Morgan fingerprint density at radius 2 is 2.19 bits per heavy atom. The molecule has 0 saturated carbocycles. The predicted molar refractivity (Wildman–Crippen MR) is 107 cm³/mol. The van der Waals surface area contributed by atoms with E-state index >= 15 is 0 Å². The van der Waals surface area contributed by atoms with E-state index in [0.717, 1.165) is 66.9 Å². The third-order valence-electron chi connectivity index (χ3n) is 4.63. The predicted octanol–water partition coefficient (Wildman–Crippen LogP) is 3.92. The summed E-state index contributed by atoms with van der Waals surface area (Å²) in [6.45, 7) is 4.57. The maximum absolute atomic E-state index is 12.3. The van der Waals surface area contributed by atoms with E-state index in [0.29, 0.717) is 6.42 Å². The highest BCUT2D eigenvalue weighted by Gasteiger charge is 2.27. The highest BCUT2D eigenvalue weighted by Crippen LogP contribution is 2.25. The van der Waals surface area contributed by atoms with Gasteiger partial charge >= 0.3 is 0 Å². The molecule has 1 aliphatic rings. The fourth-order valence-electron chi connectivity index (χ4n) is 3.13. The molecule has 0 unspecified atom stereocenters. The zero-order valence-electron chi connectivity index (χ0n) is 15.1. The van der Waals surface area contributed by atoms with E-state index in [1.54, 1.807) is 0 Å². The van der Waals surface area contributed by atoms with Gasteiger partial charge in [0.1, 0.15) is 5.82 Å². The molecular weight excluding hydrogens is 368 g/mol. The molecule has 1 atom stereocenters. The van der Waals surface area contributed by atoms with Gasteiger partial charge in [-0.3, -0.25) is 4.79 Å². The summed E-state index contributed by atoms with van der Waals surface area (Å²) in [5.41, 5.74) is 1.14. The first kappa shape index (κ1) is 19.1. The number of aromatic nitrogens is 2. The average Bonchev–Trinajstić information content (AvgIpc) is 3.12. The van der Waals surface area contributed by atoms with Gasteiger partial charge in [-0.1, -0.05) is 37.1 Å². The number of halogens is 1. The minimum atomic E-state index is 0.0456. The smallest absolute Gasteiger partial charge is 0.224 e. The van der Waals surface area contributed by atoms with Crippen molar-refractivity contribution >= 4 is 34.2 Å². The van der Waals surface area contributed by atoms with Gasteiger partial charge in [-0.15, -0.1) is 0 Å². The third-order valence-corrected chi connectivity index (χ3v) is 5.69. The number of rotatable bonds is 7. The van der Waals surface area contributed by atoms with Crippen molar-refractivity contribution in [3.63, 3.8) is 0 Å². The number of nitrogens with one attached hydrogen (secondary N) is 1. The molecule has 0 aliphatic carbocycles. The Hall–Kier alpha value is -1.66. The summed E-state index contributed by atoms with van der Waals surface area (Å²) in [7, 11) is 0. The molecule has 7 heteroatoms. The van der Waals surface area contributed by atoms with Crippen LogP contribution in [0.1, 0.15) is 44.0 Å². The van der Waals surface area contributed by atoms with Crippen LogP contribution in [0.3, 0.4) is 0 Å². The quantitative estimate of drug-likeness (QED) is 0.725. The fourth-order valence-corrected chi connectivity index (χ4v) is 3.97. The summed E-state index contributed by atoms with van der Waals surface area (Å²) in [5.74, 6) is 1.04. The highest BCUT2D eigenvalue weighted by atomic mass is 35.5. The van der Waals surface area contributed by atoms with Crippen molar-refractivity contribution in [3.8, 4) is 0 Å². The molecule has 5 nitrogen and oxygen atoms in total. The van der Waals surface area contributed by atoms with E-state index in [9.17, 15) is 4.79 Å². The Kier molecular flexibility index (Phi) is 6.86. The van der Waals surface area contributed by atoms with E-state index < -0.39 is 0 Å². The molecule has 140 valence electrons. The zero-order valence-corrected chi connectivity index (χ0v) is 16.7. The molecule has 1 amide bonds. The van der Waals surface area contributed by atoms with Crippen molar-refractivity contribution in [3.05, 3.63) is 40.7 Å². The molecule has 0 bridgehead atoms. The van der Waals surface area contributed by atoms with Crippen LogP contribution in [-0.4, -0.2) is 34.9 Å². The van der Waals surface area contributed by atoms with E-state index in [2.05, 4.69) is 26.5 Å². The Balaban J connectivity index is 1.57. The van der Waals surface area contributed by atoms with Crippen LogP contribution in [0.4, 0.5) is 5.13 Å². The van der Waals surface area contributed by atoms with Gasteiger partial charge in [-0.25, -0.2) is 4.98 Å². The van der Waals surface area contributed by atoms with Crippen LogP contribution in [0.15, 0.2) is 24.3 Å². The number of hydrogen-bond donors (Lipinski definition) is 1. The van der Waals surface area contributed by atoms with Gasteiger partial charge in [0.2, 0.25) is 11.0 Å². The molecular formula is C19H25ClN4OS. The molecule has 0 radical (unpaired) electrons. The summed E-state index contributed by atoms with van der Waals surface area (Å²) < 4.78 is 4.50. The molecule has 0 spiro atoms. The highest BCUT2D eigenvalue weighted by molar-refractivity contribution is 7.09. The number of carbonyl (C=O) groups excluding carboxylic acids is 1. The van der Waals surface area contributed by atoms with Crippen LogP contribution in [0.5, 0.6) is 0 Å². The molecule has 26 heavy (non-hydrogen) atoms. The van der Waals surface area contributed by atoms with Crippen LogP contribution >= 0.6 is 23.1 Å². The maximum Gasteiger partial charge on any atom is 0.224 e. The second-order valence-electron chi connectivity index (χ2n) is 6.73. The number of piperidine rings is 1. The average molecular weight is 393 g/mol. The topological polar surface area (TPSA) is 58.1 Å². The lowest BCUT2D eigenvalue weighted by molar-refractivity contribution is -0.125. The number of benzene rings is 1. The van der Waals surface area contributed by atoms with Crippen LogP contribution in [-0.2, 0) is 11.2 Å². The Morgan fingerprint density at radius 3 is 2.96 bits per heavy atom. The lowest BCUT2D eigenvalue weighted by Crippen LogP contribution is -2.43. The number of amides is 1. The van der Waals surface area contributed by atoms with Gasteiger partial charge in [0, 0.05) is 42.6 Å². The molecule has 1 saturated heterocycles. The number of unbranched alkanes of at least 4 members (excludes halogenated alkanes) is 1. The molecule has 1 N–H and O–H groups in total. The first-order chi connectivity index (χ1) is 12.7. The van der Waals surface area contributed by atoms with Gasteiger partial charge in [-0.2, -0.15) is 4.37 Å². The molecule has 1 aromatic carbocycles. The Labute approximate surface area is 163 Å². The first-order valence-corrected chi connectivity index (χ1v) is 10.4. The summed E-state index contributed by atoms with van der Waals surface area (Å²) in [4.78, 5) is 19.2. The molecule has 2 aromatic rings. The van der Waals surface area contributed by atoms with Crippen molar-refractivity contribution in [2.75, 3.05) is 24.5 Å². The summed E-state index contributed by atoms with van der Waals surface area (Å²) in [6, 6.07) is 7.77. The molecule has 1 fully saturated rings. The summed E-state index contributed by atoms with van der Waals surface area (Å²) in [5, 5.41) is 4.71. The minimum Gasteiger partial charge on any atom is -0.356 e. The van der Waals surface area contributed by atoms with Crippen molar-refractivity contribution in [2.45, 2.75) is 39.0 Å². The van der Waals surface area contributed by atoms with Crippen molar-refractivity contribution in [1.82, 2.24) is 14.7 Å². The second kappa shape index (κ2) is 9.33. The van der Waals surface area contributed by atoms with Gasteiger partial charge < -0.3 is 10.2 Å².